The van der Waals surface area contributed by atoms with Gasteiger partial charge in [-0.2, -0.15) is 8.42 Å². The summed E-state index contributed by atoms with van der Waals surface area (Å²) >= 11 is 0. The molecular weight excluding hydrogens is 410 g/mol. The second-order valence-electron chi connectivity index (χ2n) is 9.11. The third-order valence-electron chi connectivity index (χ3n) is 7.16. The third kappa shape index (κ3) is 4.19. The molecule has 6 unspecified atom stereocenters. The van der Waals surface area contributed by atoms with Gasteiger partial charge in [0.25, 0.3) is 21.9 Å². The summed E-state index contributed by atoms with van der Waals surface area (Å²) in [4.78, 5) is 35.6. The van der Waals surface area contributed by atoms with Crippen molar-refractivity contribution in [3.63, 3.8) is 0 Å². The van der Waals surface area contributed by atoms with Gasteiger partial charge >= 0.3 is 5.97 Å². The molecule has 1 saturated heterocycles. The summed E-state index contributed by atoms with van der Waals surface area (Å²) in [5, 5.41) is 0.417. The monoisotopic (exact) mass is 441 g/mol. The number of hydrogen-bond donors (Lipinski definition) is 0. The maximum absolute atomic E-state index is 12.1. The van der Waals surface area contributed by atoms with Crippen LogP contribution in [0, 0.1) is 35.0 Å². The van der Waals surface area contributed by atoms with Crippen LogP contribution < -0.4 is 0 Å². The maximum Gasteiger partial charge on any atom is 0.311 e. The quantitative estimate of drug-likeness (QED) is 0.375. The zero-order valence-corrected chi connectivity index (χ0v) is 18.8. The summed E-state index contributed by atoms with van der Waals surface area (Å²) < 4.78 is 31.4. The molecule has 0 radical (unpaired) electrons. The molecule has 168 valence electrons. The van der Waals surface area contributed by atoms with E-state index >= 15 is 0 Å². The third-order valence-corrected chi connectivity index (χ3v) is 7.58. The van der Waals surface area contributed by atoms with E-state index in [4.69, 9.17) is 4.74 Å². The number of hydrogen-bond acceptors (Lipinski definition) is 7. The Kier molecular flexibility index (Phi) is 6.43. The zero-order chi connectivity index (χ0) is 22.3. The minimum Gasteiger partial charge on any atom is -0.469 e. The average molecular weight is 442 g/mol. The largest absolute Gasteiger partial charge is 0.469 e. The number of amides is 2. The Morgan fingerprint density at radius 3 is 2.47 bits per heavy atom. The zero-order valence-electron chi connectivity index (χ0n) is 18.0. The number of allylic oxidation sites excluding steroid dienone is 2. The highest BCUT2D eigenvalue weighted by Crippen LogP contribution is 2.56. The van der Waals surface area contributed by atoms with Crippen molar-refractivity contribution in [2.45, 2.75) is 52.4 Å². The molecule has 3 fully saturated rings. The van der Waals surface area contributed by atoms with Gasteiger partial charge in [-0.05, 0) is 56.8 Å². The molecule has 30 heavy (non-hydrogen) atoms. The Bertz CT molecular complexity index is 851. The van der Waals surface area contributed by atoms with Crippen molar-refractivity contribution >= 4 is 27.9 Å². The lowest BCUT2D eigenvalue weighted by atomic mass is 9.75. The molecule has 4 aliphatic rings. The first kappa shape index (κ1) is 22.9. The summed E-state index contributed by atoms with van der Waals surface area (Å²) in [7, 11) is -2.38. The molecule has 1 aliphatic heterocycles. The highest BCUT2D eigenvalue weighted by atomic mass is 32.2. The molecule has 3 aliphatic carbocycles. The second-order valence-corrected chi connectivity index (χ2v) is 10.7. The Balaban J connectivity index is 0.000000184. The van der Waals surface area contributed by atoms with Gasteiger partial charge in [0, 0.05) is 0 Å². The fourth-order valence-electron chi connectivity index (χ4n) is 5.66. The molecule has 2 amide bonds. The van der Waals surface area contributed by atoms with Gasteiger partial charge in [-0.25, -0.2) is 0 Å². The van der Waals surface area contributed by atoms with Crippen molar-refractivity contribution in [3.8, 4) is 0 Å². The van der Waals surface area contributed by atoms with Crippen LogP contribution in [-0.4, -0.2) is 44.6 Å². The predicted molar refractivity (Wildman–Crippen MR) is 108 cm³/mol. The van der Waals surface area contributed by atoms with E-state index in [1.165, 1.54) is 26.4 Å². The number of hydroxylamine groups is 2. The molecule has 0 aromatic rings. The van der Waals surface area contributed by atoms with E-state index < -0.39 is 33.8 Å². The van der Waals surface area contributed by atoms with Crippen LogP contribution in [0.1, 0.15) is 52.4 Å². The van der Waals surface area contributed by atoms with Gasteiger partial charge in [0.1, 0.15) is 0 Å². The molecule has 6 atom stereocenters. The molecule has 0 spiro atoms. The minimum atomic E-state index is -3.88. The van der Waals surface area contributed by atoms with E-state index in [0.717, 1.165) is 25.0 Å². The summed E-state index contributed by atoms with van der Waals surface area (Å²) in [6.07, 6.45) is 10.6. The fraction of sp³-hybridized carbons (Fsp3) is 0.762. The highest BCUT2D eigenvalue weighted by molar-refractivity contribution is 7.85. The lowest BCUT2D eigenvalue weighted by Gasteiger charge is -2.30. The number of ether oxygens (including phenoxy) is 1. The summed E-state index contributed by atoms with van der Waals surface area (Å²) in [5.41, 5.74) is -0.141. The van der Waals surface area contributed by atoms with Crippen LogP contribution in [0.3, 0.4) is 0 Å². The fourth-order valence-corrected chi connectivity index (χ4v) is 6.07. The van der Waals surface area contributed by atoms with E-state index in [2.05, 4.69) is 11.2 Å². The maximum atomic E-state index is 12.1. The first-order valence-electron chi connectivity index (χ1n) is 10.5. The van der Waals surface area contributed by atoms with Crippen LogP contribution in [-0.2, 0) is 33.5 Å². The summed E-state index contributed by atoms with van der Waals surface area (Å²) in [5.74, 6) is -0.703. The molecule has 0 aromatic heterocycles. The first-order valence-corrected chi connectivity index (χ1v) is 12.4. The number of esters is 1. The van der Waals surface area contributed by atoms with Crippen LogP contribution in [0.25, 0.3) is 0 Å². The average Bonchev–Trinajstić information content (AvgIpc) is 3.36. The van der Waals surface area contributed by atoms with Crippen molar-refractivity contribution in [1.82, 2.24) is 5.06 Å². The molecule has 4 rings (SSSR count). The van der Waals surface area contributed by atoms with E-state index in [1.807, 2.05) is 19.1 Å². The Morgan fingerprint density at radius 2 is 1.97 bits per heavy atom. The summed E-state index contributed by atoms with van der Waals surface area (Å²) in [6, 6.07) is 0. The van der Waals surface area contributed by atoms with Gasteiger partial charge in [0.15, 0.2) is 0 Å². The lowest BCUT2D eigenvalue weighted by molar-refractivity contribution is -0.165. The standard InChI is InChI=1S/C11H15NO5S.C10H16O2/c1-3-7-5-4-6-8-9(7)11(14)12(10(8)13)17-18(2,15)16;1-10(9(11)12-2)6-7-3-4-8(10)5-7/h4-5,7-9H,3,6H2,1-2H3;7-8H,3-6H2,1-2H3. The van der Waals surface area contributed by atoms with Gasteiger partial charge < -0.3 is 4.74 Å². The molecule has 0 N–H and O–H groups in total. The molecule has 2 saturated carbocycles. The van der Waals surface area contributed by atoms with Gasteiger partial charge in [-0.1, -0.05) is 25.5 Å². The number of carbonyl (C=O) groups excluding carboxylic acids is 3. The topological polar surface area (TPSA) is 107 Å². The van der Waals surface area contributed by atoms with Crippen LogP contribution in [0.2, 0.25) is 0 Å². The van der Waals surface area contributed by atoms with E-state index in [-0.39, 0.29) is 17.3 Å². The van der Waals surface area contributed by atoms with Gasteiger partial charge in [0.2, 0.25) is 0 Å². The number of nitrogens with zero attached hydrogens (tertiary/aromatic N) is 1. The van der Waals surface area contributed by atoms with Crippen LogP contribution >= 0.6 is 0 Å². The van der Waals surface area contributed by atoms with Crippen molar-refractivity contribution in [3.05, 3.63) is 12.2 Å². The van der Waals surface area contributed by atoms with Crippen molar-refractivity contribution in [2.24, 2.45) is 35.0 Å². The molecule has 2 bridgehead atoms. The highest BCUT2D eigenvalue weighted by Gasteiger charge is 2.53. The van der Waals surface area contributed by atoms with Crippen LogP contribution in [0.4, 0.5) is 0 Å². The number of carbonyl (C=O) groups is 3. The van der Waals surface area contributed by atoms with Crippen molar-refractivity contribution in [2.75, 3.05) is 13.4 Å². The predicted octanol–water partition coefficient (Wildman–Crippen LogP) is 2.45. The number of fused-ring (bicyclic) bond motifs is 3. The normalized spacial score (nSPS) is 37.1. The van der Waals surface area contributed by atoms with E-state index in [9.17, 15) is 22.8 Å². The summed E-state index contributed by atoms with van der Waals surface area (Å²) in [6.45, 7) is 4.00. The second kappa shape index (κ2) is 8.42. The van der Waals surface area contributed by atoms with Crippen LogP contribution in [0.5, 0.6) is 0 Å². The molecule has 0 aromatic carbocycles. The first-order chi connectivity index (χ1) is 14.0. The lowest BCUT2D eigenvalue weighted by Crippen LogP contribution is -2.34. The molecule has 9 heteroatoms. The Morgan fingerprint density at radius 1 is 1.27 bits per heavy atom. The van der Waals surface area contributed by atoms with Crippen molar-refractivity contribution in [1.29, 1.82) is 0 Å². The van der Waals surface area contributed by atoms with E-state index in [1.54, 1.807) is 0 Å². The smallest absolute Gasteiger partial charge is 0.311 e. The SMILES string of the molecule is CCC1C=CCC2C(=O)N(OS(C)(=O)=O)C(=O)C12.COC(=O)C1(C)CC2CCC1C2. The number of rotatable bonds is 4. The minimum absolute atomic E-state index is 0.00898. The molecule has 1 heterocycles. The van der Waals surface area contributed by atoms with Gasteiger partial charge in [0.05, 0.1) is 30.6 Å². The number of methoxy groups -OCH3 is 1. The van der Waals surface area contributed by atoms with Gasteiger partial charge in [-0.15, -0.1) is 9.35 Å². The Labute approximate surface area is 178 Å². The number of imide groups is 1. The Hall–Kier alpha value is -1.74. The van der Waals surface area contributed by atoms with Gasteiger partial charge in [-0.3, -0.25) is 14.4 Å². The van der Waals surface area contributed by atoms with Crippen LogP contribution in [0.15, 0.2) is 12.2 Å². The molecular formula is C21H31NO7S. The molecule has 8 nitrogen and oxygen atoms in total. The van der Waals surface area contributed by atoms with Crippen molar-refractivity contribution < 1.29 is 31.8 Å². The van der Waals surface area contributed by atoms with E-state index in [0.29, 0.717) is 17.4 Å².